The summed E-state index contributed by atoms with van der Waals surface area (Å²) in [6.07, 6.45) is 5.98. The molecule has 20 heavy (non-hydrogen) atoms. The number of ether oxygens (including phenoxy) is 1. The standard InChI is InChI=1S/C15H15NO4/c1-3-9-20-15(19)16-13(14(17)18)10-12-7-5-11(4-2)6-8-12/h2-3,5-8,13H,1,9-10H2,(H,16,19)(H,17,18)/t13-/m0/s1. The van der Waals surface area contributed by atoms with Crippen molar-refractivity contribution in [1.82, 2.24) is 5.32 Å². The van der Waals surface area contributed by atoms with Crippen molar-refractivity contribution in [3.8, 4) is 12.3 Å². The lowest BCUT2D eigenvalue weighted by Crippen LogP contribution is -2.42. The van der Waals surface area contributed by atoms with Crippen molar-refractivity contribution >= 4 is 12.1 Å². The summed E-state index contributed by atoms with van der Waals surface area (Å²) in [7, 11) is 0. The average Bonchev–Trinajstić information content (AvgIpc) is 2.45. The smallest absolute Gasteiger partial charge is 0.408 e. The highest BCUT2D eigenvalue weighted by molar-refractivity contribution is 5.80. The summed E-state index contributed by atoms with van der Waals surface area (Å²) in [6.45, 7) is 3.42. The Balaban J connectivity index is 2.67. The van der Waals surface area contributed by atoms with Crippen molar-refractivity contribution in [1.29, 1.82) is 0 Å². The molecule has 0 fully saturated rings. The van der Waals surface area contributed by atoms with Gasteiger partial charge >= 0.3 is 12.1 Å². The Morgan fingerprint density at radius 3 is 2.60 bits per heavy atom. The van der Waals surface area contributed by atoms with Crippen LogP contribution in [0.15, 0.2) is 36.9 Å². The van der Waals surface area contributed by atoms with Gasteiger partial charge in [-0.05, 0) is 17.7 Å². The SMILES string of the molecule is C#Cc1ccc(C[C@H](NC(=O)OCC=C)C(=O)O)cc1. The summed E-state index contributed by atoms with van der Waals surface area (Å²) in [5.41, 5.74) is 1.46. The van der Waals surface area contributed by atoms with E-state index < -0.39 is 18.1 Å². The van der Waals surface area contributed by atoms with Crippen molar-refractivity contribution in [3.63, 3.8) is 0 Å². The second-order valence-electron chi connectivity index (χ2n) is 3.97. The van der Waals surface area contributed by atoms with E-state index in [1.54, 1.807) is 24.3 Å². The summed E-state index contributed by atoms with van der Waals surface area (Å²) in [5, 5.41) is 11.4. The molecule has 1 amide bonds. The molecule has 1 atom stereocenters. The number of carboxylic acids is 1. The Kier molecular flexibility index (Phi) is 5.85. The minimum absolute atomic E-state index is 0.0229. The van der Waals surface area contributed by atoms with Gasteiger partial charge in [-0.15, -0.1) is 6.42 Å². The highest BCUT2D eigenvalue weighted by Gasteiger charge is 2.20. The van der Waals surface area contributed by atoms with Crippen LogP contribution in [0.5, 0.6) is 0 Å². The zero-order chi connectivity index (χ0) is 15.0. The molecule has 0 aliphatic rings. The van der Waals surface area contributed by atoms with E-state index in [0.717, 1.165) is 5.56 Å². The molecular weight excluding hydrogens is 258 g/mol. The first-order chi connectivity index (χ1) is 9.56. The predicted molar refractivity (Wildman–Crippen MR) is 74.2 cm³/mol. The molecule has 0 radical (unpaired) electrons. The van der Waals surface area contributed by atoms with E-state index in [1.165, 1.54) is 6.08 Å². The van der Waals surface area contributed by atoms with Crippen LogP contribution in [-0.2, 0) is 16.0 Å². The average molecular weight is 273 g/mol. The van der Waals surface area contributed by atoms with E-state index in [1.807, 2.05) is 0 Å². The third-order valence-electron chi connectivity index (χ3n) is 2.48. The second kappa shape index (κ2) is 7.64. The fourth-order valence-electron chi connectivity index (χ4n) is 1.49. The Bertz CT molecular complexity index is 528. The van der Waals surface area contributed by atoms with Gasteiger partial charge in [-0.1, -0.05) is 30.7 Å². The molecule has 1 rings (SSSR count). The van der Waals surface area contributed by atoms with Gasteiger partial charge in [-0.25, -0.2) is 9.59 Å². The zero-order valence-electron chi connectivity index (χ0n) is 10.8. The number of hydrogen-bond acceptors (Lipinski definition) is 3. The molecule has 0 aromatic heterocycles. The third-order valence-corrected chi connectivity index (χ3v) is 2.48. The maximum Gasteiger partial charge on any atom is 0.408 e. The lowest BCUT2D eigenvalue weighted by atomic mass is 10.0. The van der Waals surface area contributed by atoms with Crippen LogP contribution >= 0.6 is 0 Å². The fourth-order valence-corrected chi connectivity index (χ4v) is 1.49. The van der Waals surface area contributed by atoms with Gasteiger partial charge in [0.1, 0.15) is 12.6 Å². The molecule has 104 valence electrons. The van der Waals surface area contributed by atoms with E-state index in [-0.39, 0.29) is 13.0 Å². The highest BCUT2D eigenvalue weighted by atomic mass is 16.5. The Morgan fingerprint density at radius 2 is 2.10 bits per heavy atom. The van der Waals surface area contributed by atoms with Crippen LogP contribution in [0.3, 0.4) is 0 Å². The molecule has 1 aromatic carbocycles. The minimum atomic E-state index is -1.14. The number of nitrogens with one attached hydrogen (secondary N) is 1. The van der Waals surface area contributed by atoms with Gasteiger partial charge in [0.2, 0.25) is 0 Å². The van der Waals surface area contributed by atoms with Crippen LogP contribution < -0.4 is 5.32 Å². The second-order valence-corrected chi connectivity index (χ2v) is 3.97. The number of carboxylic acid groups (broad SMARTS) is 1. The Labute approximate surface area is 117 Å². The van der Waals surface area contributed by atoms with E-state index in [2.05, 4.69) is 22.6 Å². The topological polar surface area (TPSA) is 75.6 Å². The number of aliphatic carboxylic acids is 1. The van der Waals surface area contributed by atoms with Crippen LogP contribution in [0.1, 0.15) is 11.1 Å². The van der Waals surface area contributed by atoms with Crippen LogP contribution in [-0.4, -0.2) is 29.8 Å². The molecule has 0 saturated carbocycles. The summed E-state index contributed by atoms with van der Waals surface area (Å²) in [6, 6.07) is 5.81. The monoisotopic (exact) mass is 273 g/mol. The lowest BCUT2D eigenvalue weighted by Gasteiger charge is -2.14. The molecule has 0 bridgehead atoms. The molecule has 5 nitrogen and oxygen atoms in total. The first kappa shape index (κ1) is 15.3. The van der Waals surface area contributed by atoms with Crippen LogP contribution in [0.25, 0.3) is 0 Å². The molecule has 0 unspecified atom stereocenters. The normalized spacial score (nSPS) is 10.9. The number of alkyl carbamates (subject to hydrolysis) is 1. The molecule has 5 heteroatoms. The number of rotatable bonds is 6. The summed E-state index contributed by atoms with van der Waals surface area (Å²) >= 11 is 0. The van der Waals surface area contributed by atoms with E-state index in [9.17, 15) is 9.59 Å². The maximum atomic E-state index is 11.3. The molecule has 1 aromatic rings. The first-order valence-corrected chi connectivity index (χ1v) is 5.89. The molecule has 0 aliphatic heterocycles. The number of carbonyl (C=O) groups is 2. The largest absolute Gasteiger partial charge is 0.480 e. The lowest BCUT2D eigenvalue weighted by molar-refractivity contribution is -0.139. The van der Waals surface area contributed by atoms with Gasteiger partial charge in [-0.2, -0.15) is 0 Å². The van der Waals surface area contributed by atoms with Crippen LogP contribution in [0, 0.1) is 12.3 Å². The molecular formula is C15H15NO4. The van der Waals surface area contributed by atoms with Crippen molar-refractivity contribution in [2.24, 2.45) is 0 Å². The fraction of sp³-hybridized carbons (Fsp3) is 0.200. The Hall–Kier alpha value is -2.74. The minimum Gasteiger partial charge on any atom is -0.480 e. The van der Waals surface area contributed by atoms with Crippen molar-refractivity contribution in [2.75, 3.05) is 6.61 Å². The summed E-state index contributed by atoms with van der Waals surface area (Å²) in [5.74, 6) is 1.33. The number of terminal acetylenes is 1. The molecule has 0 spiro atoms. The quantitative estimate of drug-likeness (QED) is 0.609. The molecule has 0 aliphatic carbocycles. The summed E-state index contributed by atoms with van der Waals surface area (Å²) in [4.78, 5) is 22.4. The van der Waals surface area contributed by atoms with Crippen LogP contribution in [0.4, 0.5) is 4.79 Å². The van der Waals surface area contributed by atoms with Gasteiger partial charge in [0, 0.05) is 12.0 Å². The number of amides is 1. The maximum absolute atomic E-state index is 11.3. The van der Waals surface area contributed by atoms with E-state index in [0.29, 0.717) is 5.56 Å². The van der Waals surface area contributed by atoms with Gasteiger partial charge in [0.05, 0.1) is 0 Å². The molecule has 2 N–H and O–H groups in total. The van der Waals surface area contributed by atoms with Gasteiger partial charge in [0.25, 0.3) is 0 Å². The third kappa shape index (κ3) is 4.86. The molecule has 0 heterocycles. The predicted octanol–water partition coefficient (Wildman–Crippen LogP) is 1.58. The number of hydrogen-bond donors (Lipinski definition) is 2. The first-order valence-electron chi connectivity index (χ1n) is 5.89. The van der Waals surface area contributed by atoms with Crippen LogP contribution in [0.2, 0.25) is 0 Å². The van der Waals surface area contributed by atoms with Gasteiger partial charge in [0.15, 0.2) is 0 Å². The van der Waals surface area contributed by atoms with Gasteiger partial charge in [-0.3, -0.25) is 0 Å². The van der Waals surface area contributed by atoms with Crippen molar-refractivity contribution in [3.05, 3.63) is 48.0 Å². The molecule has 0 saturated heterocycles. The number of benzene rings is 1. The van der Waals surface area contributed by atoms with Crippen molar-refractivity contribution < 1.29 is 19.4 Å². The highest BCUT2D eigenvalue weighted by Crippen LogP contribution is 2.07. The van der Waals surface area contributed by atoms with E-state index in [4.69, 9.17) is 11.5 Å². The van der Waals surface area contributed by atoms with Crippen molar-refractivity contribution in [2.45, 2.75) is 12.5 Å². The van der Waals surface area contributed by atoms with Gasteiger partial charge < -0.3 is 15.2 Å². The Morgan fingerprint density at radius 1 is 1.45 bits per heavy atom. The van der Waals surface area contributed by atoms with E-state index >= 15 is 0 Å². The zero-order valence-corrected chi connectivity index (χ0v) is 10.8. The number of carbonyl (C=O) groups excluding carboxylic acids is 1. The summed E-state index contributed by atoms with van der Waals surface area (Å²) < 4.78 is 4.69.